The molecule has 8 nitrogen and oxygen atoms in total. The van der Waals surface area contributed by atoms with Crippen LogP contribution in [-0.2, 0) is 31.9 Å². The van der Waals surface area contributed by atoms with Crippen LogP contribution in [0, 0.1) is 0 Å². The number of hydrogen-bond donors (Lipinski definition) is 1. The van der Waals surface area contributed by atoms with Crippen LogP contribution < -0.4 is 11.2 Å². The van der Waals surface area contributed by atoms with E-state index in [-0.39, 0.29) is 5.65 Å². The smallest absolute Gasteiger partial charge is 0.332 e. The third-order valence-electron chi connectivity index (χ3n) is 4.67. The molecular formula is C19H22N4O4S. The van der Waals surface area contributed by atoms with Gasteiger partial charge in [0.15, 0.2) is 16.3 Å². The fourth-order valence-corrected chi connectivity index (χ4v) is 4.02. The average Bonchev–Trinajstić information content (AvgIpc) is 3.06. The molecule has 0 bridgehead atoms. The maximum atomic E-state index is 12.8. The van der Waals surface area contributed by atoms with Gasteiger partial charge in [-0.05, 0) is 18.4 Å². The Morgan fingerprint density at radius 3 is 2.46 bits per heavy atom. The van der Waals surface area contributed by atoms with Gasteiger partial charge in [0.1, 0.15) is 5.25 Å². The van der Waals surface area contributed by atoms with Crippen molar-refractivity contribution in [1.82, 2.24) is 18.7 Å². The first-order chi connectivity index (χ1) is 13.3. The van der Waals surface area contributed by atoms with Gasteiger partial charge in [0.05, 0.1) is 0 Å². The summed E-state index contributed by atoms with van der Waals surface area (Å²) in [5.74, 6) is -0.934. The summed E-state index contributed by atoms with van der Waals surface area (Å²) in [4.78, 5) is 41.0. The lowest BCUT2D eigenvalue weighted by molar-refractivity contribution is -0.136. The molecule has 0 amide bonds. The topological polar surface area (TPSA) is 99.1 Å². The highest BCUT2D eigenvalue weighted by atomic mass is 32.2. The highest BCUT2D eigenvalue weighted by Gasteiger charge is 2.24. The van der Waals surface area contributed by atoms with Crippen molar-refractivity contribution in [2.24, 2.45) is 14.1 Å². The first kappa shape index (κ1) is 19.9. The van der Waals surface area contributed by atoms with E-state index >= 15 is 0 Å². The highest BCUT2D eigenvalue weighted by Crippen LogP contribution is 2.27. The number of aryl methyl sites for hydroxylation is 3. The normalized spacial score (nSPS) is 12.4. The third-order valence-corrected chi connectivity index (χ3v) is 6.02. The first-order valence-corrected chi connectivity index (χ1v) is 9.82. The minimum Gasteiger partial charge on any atom is -0.480 e. The Bertz CT molecular complexity index is 1130. The molecule has 0 saturated heterocycles. The SMILES string of the molecule is CC[C@H](Sc1nc2c(c(=O)n(C)c(=O)n2C)n1CCc1ccccc1)C(=O)O. The third kappa shape index (κ3) is 3.62. The molecule has 0 fully saturated rings. The largest absolute Gasteiger partial charge is 0.480 e. The molecular weight excluding hydrogens is 380 g/mol. The van der Waals surface area contributed by atoms with E-state index in [1.165, 1.54) is 11.6 Å². The van der Waals surface area contributed by atoms with Crippen molar-refractivity contribution in [3.8, 4) is 0 Å². The summed E-state index contributed by atoms with van der Waals surface area (Å²) in [6, 6.07) is 9.80. The van der Waals surface area contributed by atoms with Gasteiger partial charge in [-0.25, -0.2) is 9.78 Å². The Balaban J connectivity index is 2.16. The van der Waals surface area contributed by atoms with Crippen LogP contribution in [0.3, 0.4) is 0 Å². The summed E-state index contributed by atoms with van der Waals surface area (Å²) in [6.07, 6.45) is 1.06. The van der Waals surface area contributed by atoms with Crippen LogP contribution >= 0.6 is 11.8 Å². The molecule has 0 unspecified atom stereocenters. The standard InChI is InChI=1S/C19H22N4O4S/c1-4-13(17(25)26)28-18-20-15-14(16(24)22(3)19(27)21(15)2)23(18)11-10-12-8-6-5-7-9-12/h5-9,13H,4,10-11H2,1-3H3,(H,25,26)/t13-/m0/s1. The average molecular weight is 402 g/mol. The Morgan fingerprint density at radius 1 is 1.18 bits per heavy atom. The molecule has 0 spiro atoms. The minimum atomic E-state index is -0.934. The predicted octanol–water partition coefficient (Wildman–Crippen LogP) is 1.63. The molecule has 0 aliphatic heterocycles. The monoisotopic (exact) mass is 402 g/mol. The van der Waals surface area contributed by atoms with Crippen LogP contribution in [-0.4, -0.2) is 35.0 Å². The van der Waals surface area contributed by atoms with E-state index in [1.54, 1.807) is 18.5 Å². The van der Waals surface area contributed by atoms with Gasteiger partial charge in [-0.15, -0.1) is 0 Å². The Kier molecular flexibility index (Phi) is 5.73. The van der Waals surface area contributed by atoms with Gasteiger partial charge in [-0.1, -0.05) is 49.0 Å². The number of aromatic nitrogens is 4. The first-order valence-electron chi connectivity index (χ1n) is 8.94. The van der Waals surface area contributed by atoms with Gasteiger partial charge >= 0.3 is 11.7 Å². The van der Waals surface area contributed by atoms with Gasteiger partial charge in [0.2, 0.25) is 0 Å². The summed E-state index contributed by atoms with van der Waals surface area (Å²) in [6.45, 7) is 2.24. The molecule has 0 aliphatic carbocycles. The van der Waals surface area contributed by atoms with Crippen molar-refractivity contribution in [1.29, 1.82) is 0 Å². The van der Waals surface area contributed by atoms with Crippen LogP contribution in [0.1, 0.15) is 18.9 Å². The van der Waals surface area contributed by atoms with Gasteiger partial charge in [0, 0.05) is 20.6 Å². The molecule has 1 atom stereocenters. The Morgan fingerprint density at radius 2 is 1.86 bits per heavy atom. The zero-order valence-electron chi connectivity index (χ0n) is 16.0. The number of carboxylic acid groups (broad SMARTS) is 1. The van der Waals surface area contributed by atoms with Crippen molar-refractivity contribution in [2.45, 2.75) is 36.7 Å². The van der Waals surface area contributed by atoms with Crippen LogP contribution in [0.5, 0.6) is 0 Å². The number of imidazole rings is 1. The van der Waals surface area contributed by atoms with Crippen molar-refractivity contribution in [3.63, 3.8) is 0 Å². The van der Waals surface area contributed by atoms with Crippen LogP contribution in [0.25, 0.3) is 11.2 Å². The summed E-state index contributed by atoms with van der Waals surface area (Å²) in [5.41, 5.74) is 0.764. The lowest BCUT2D eigenvalue weighted by Gasteiger charge is -2.12. The molecule has 9 heteroatoms. The molecule has 2 heterocycles. The summed E-state index contributed by atoms with van der Waals surface area (Å²) >= 11 is 1.10. The Hall–Kier alpha value is -2.81. The van der Waals surface area contributed by atoms with E-state index in [0.29, 0.717) is 30.1 Å². The van der Waals surface area contributed by atoms with E-state index in [2.05, 4.69) is 4.98 Å². The molecule has 3 rings (SSSR count). The maximum absolute atomic E-state index is 12.8. The quantitative estimate of drug-likeness (QED) is 0.603. The number of carbonyl (C=O) groups is 1. The van der Waals surface area contributed by atoms with E-state index in [9.17, 15) is 19.5 Å². The van der Waals surface area contributed by atoms with Crippen molar-refractivity contribution in [3.05, 3.63) is 56.7 Å². The number of fused-ring (bicyclic) bond motifs is 1. The molecule has 3 aromatic rings. The molecule has 0 radical (unpaired) electrons. The predicted molar refractivity (Wildman–Crippen MR) is 108 cm³/mol. The molecule has 2 aromatic heterocycles. The lowest BCUT2D eigenvalue weighted by Crippen LogP contribution is -2.37. The fraction of sp³-hybridized carbons (Fsp3) is 0.368. The number of rotatable bonds is 7. The fourth-order valence-electron chi connectivity index (χ4n) is 3.05. The summed E-state index contributed by atoms with van der Waals surface area (Å²) in [7, 11) is 2.99. The van der Waals surface area contributed by atoms with Crippen molar-refractivity contribution in [2.75, 3.05) is 0 Å². The van der Waals surface area contributed by atoms with Gasteiger partial charge in [0.25, 0.3) is 5.56 Å². The van der Waals surface area contributed by atoms with Gasteiger partial charge < -0.3 is 9.67 Å². The Labute approximate surface area is 165 Å². The number of benzene rings is 1. The maximum Gasteiger partial charge on any atom is 0.332 e. The van der Waals surface area contributed by atoms with Crippen molar-refractivity contribution >= 4 is 28.9 Å². The van der Waals surface area contributed by atoms with E-state index in [1.807, 2.05) is 30.3 Å². The highest BCUT2D eigenvalue weighted by molar-refractivity contribution is 8.00. The van der Waals surface area contributed by atoms with Crippen LogP contribution in [0.2, 0.25) is 0 Å². The second kappa shape index (κ2) is 8.05. The summed E-state index contributed by atoms with van der Waals surface area (Å²) < 4.78 is 4.11. The zero-order chi connectivity index (χ0) is 20.4. The lowest BCUT2D eigenvalue weighted by atomic mass is 10.1. The second-order valence-electron chi connectivity index (χ2n) is 6.51. The summed E-state index contributed by atoms with van der Waals surface area (Å²) in [5, 5.41) is 9.17. The molecule has 1 aromatic carbocycles. The van der Waals surface area contributed by atoms with Crippen LogP contribution in [0.15, 0.2) is 45.1 Å². The van der Waals surface area contributed by atoms with E-state index in [0.717, 1.165) is 21.9 Å². The second-order valence-corrected chi connectivity index (χ2v) is 7.68. The molecule has 148 valence electrons. The minimum absolute atomic E-state index is 0.268. The van der Waals surface area contributed by atoms with Gasteiger partial charge in [-0.3, -0.25) is 18.7 Å². The zero-order valence-corrected chi connectivity index (χ0v) is 16.8. The molecule has 0 saturated carbocycles. The molecule has 0 aliphatic rings. The van der Waals surface area contributed by atoms with Crippen molar-refractivity contribution < 1.29 is 9.90 Å². The van der Waals surface area contributed by atoms with E-state index < -0.39 is 22.5 Å². The molecule has 1 N–H and O–H groups in total. The van der Waals surface area contributed by atoms with E-state index in [4.69, 9.17) is 0 Å². The van der Waals surface area contributed by atoms with Crippen LogP contribution in [0.4, 0.5) is 0 Å². The number of aliphatic carboxylic acids is 1. The number of nitrogens with zero attached hydrogens (tertiary/aromatic N) is 4. The number of carboxylic acids is 1. The van der Waals surface area contributed by atoms with Gasteiger partial charge in [-0.2, -0.15) is 0 Å². The number of thioether (sulfide) groups is 1. The molecule has 28 heavy (non-hydrogen) atoms. The number of hydrogen-bond acceptors (Lipinski definition) is 5.